The molecule has 4 nitrogen and oxygen atoms in total. The number of hydrogen-bond donors (Lipinski definition) is 3. The minimum atomic E-state index is -0.420. The molecule has 1 saturated heterocycles. The van der Waals surface area contributed by atoms with Crippen LogP contribution in [0.25, 0.3) is 0 Å². The van der Waals surface area contributed by atoms with E-state index in [0.717, 1.165) is 13.0 Å². The summed E-state index contributed by atoms with van der Waals surface area (Å²) in [7, 11) is 0. The van der Waals surface area contributed by atoms with Crippen LogP contribution in [0.3, 0.4) is 0 Å². The van der Waals surface area contributed by atoms with E-state index >= 15 is 0 Å². The normalized spacial score (nSPS) is 35.0. The van der Waals surface area contributed by atoms with Gasteiger partial charge in [-0.15, -0.1) is 0 Å². The highest BCUT2D eigenvalue weighted by molar-refractivity contribution is 5.81. The summed E-state index contributed by atoms with van der Waals surface area (Å²) in [6, 6.07) is 0.125. The highest BCUT2D eigenvalue weighted by atomic mass is 16.2. The molecule has 0 saturated carbocycles. The van der Waals surface area contributed by atoms with Gasteiger partial charge in [-0.25, -0.2) is 0 Å². The number of rotatable bonds is 2. The summed E-state index contributed by atoms with van der Waals surface area (Å²) in [5.74, 6) is 0.464. The predicted octanol–water partition coefficient (Wildman–Crippen LogP) is -0.164. The number of carbonyl (C=O) groups excluding carboxylic acids is 1. The van der Waals surface area contributed by atoms with Crippen LogP contribution in [-0.4, -0.2) is 30.6 Å². The van der Waals surface area contributed by atoms with E-state index in [1.54, 1.807) is 6.92 Å². The van der Waals surface area contributed by atoms with E-state index < -0.39 is 6.04 Å². The molecule has 14 heavy (non-hydrogen) atoms. The van der Waals surface area contributed by atoms with Gasteiger partial charge in [0.15, 0.2) is 0 Å². The van der Waals surface area contributed by atoms with E-state index in [4.69, 9.17) is 5.73 Å². The lowest BCUT2D eigenvalue weighted by atomic mass is 9.89. The van der Waals surface area contributed by atoms with Crippen LogP contribution in [0.1, 0.15) is 27.2 Å². The fourth-order valence-corrected chi connectivity index (χ4v) is 1.90. The van der Waals surface area contributed by atoms with Crippen LogP contribution < -0.4 is 16.4 Å². The summed E-state index contributed by atoms with van der Waals surface area (Å²) in [6.07, 6.45) is 1.11. The summed E-state index contributed by atoms with van der Waals surface area (Å²) in [6.45, 7) is 7.01. The zero-order valence-electron chi connectivity index (χ0n) is 9.21. The van der Waals surface area contributed by atoms with Crippen molar-refractivity contribution < 1.29 is 4.79 Å². The molecule has 0 spiro atoms. The monoisotopic (exact) mass is 199 g/mol. The van der Waals surface area contributed by atoms with Gasteiger partial charge in [0.25, 0.3) is 0 Å². The average Bonchev–Trinajstić information content (AvgIpc) is 2.11. The summed E-state index contributed by atoms with van der Waals surface area (Å²) in [4.78, 5) is 11.4. The molecule has 0 aliphatic carbocycles. The molecule has 1 aliphatic rings. The van der Waals surface area contributed by atoms with Crippen LogP contribution in [0, 0.1) is 5.92 Å². The predicted molar refractivity (Wildman–Crippen MR) is 56.8 cm³/mol. The Morgan fingerprint density at radius 1 is 1.57 bits per heavy atom. The van der Waals surface area contributed by atoms with Gasteiger partial charge in [0.1, 0.15) is 0 Å². The van der Waals surface area contributed by atoms with Crippen LogP contribution in [0.4, 0.5) is 0 Å². The molecule has 4 atom stereocenters. The first kappa shape index (κ1) is 11.5. The van der Waals surface area contributed by atoms with Crippen LogP contribution in [-0.2, 0) is 4.79 Å². The van der Waals surface area contributed by atoms with Gasteiger partial charge < -0.3 is 16.4 Å². The summed E-state index contributed by atoms with van der Waals surface area (Å²) in [5.41, 5.74) is 5.51. The molecule has 82 valence electrons. The highest BCUT2D eigenvalue weighted by Gasteiger charge is 2.29. The van der Waals surface area contributed by atoms with E-state index in [0.29, 0.717) is 12.0 Å². The molecule has 3 unspecified atom stereocenters. The zero-order chi connectivity index (χ0) is 10.7. The maximum absolute atomic E-state index is 11.4. The average molecular weight is 199 g/mol. The van der Waals surface area contributed by atoms with E-state index in [2.05, 4.69) is 24.5 Å². The largest absolute Gasteiger partial charge is 0.350 e. The Morgan fingerprint density at radius 3 is 2.71 bits per heavy atom. The van der Waals surface area contributed by atoms with E-state index in [1.807, 2.05) is 0 Å². The van der Waals surface area contributed by atoms with Gasteiger partial charge in [-0.3, -0.25) is 4.79 Å². The second-order valence-corrected chi connectivity index (χ2v) is 4.33. The lowest BCUT2D eigenvalue weighted by molar-refractivity contribution is -0.123. The van der Waals surface area contributed by atoms with Crippen molar-refractivity contribution in [2.75, 3.05) is 6.54 Å². The third kappa shape index (κ3) is 2.69. The van der Waals surface area contributed by atoms with Gasteiger partial charge in [0.05, 0.1) is 6.04 Å². The van der Waals surface area contributed by atoms with Crippen molar-refractivity contribution in [3.63, 3.8) is 0 Å². The molecule has 1 fully saturated rings. The first-order valence-corrected chi connectivity index (χ1v) is 5.31. The SMILES string of the molecule is CC1CCNC(C)C1NC(=O)[C@H](C)N. The number of amides is 1. The topological polar surface area (TPSA) is 67.1 Å². The van der Waals surface area contributed by atoms with Gasteiger partial charge in [0, 0.05) is 12.1 Å². The third-order valence-corrected chi connectivity index (χ3v) is 2.94. The molecule has 0 aromatic carbocycles. The summed E-state index contributed by atoms with van der Waals surface area (Å²) < 4.78 is 0. The molecule has 1 amide bonds. The molecular weight excluding hydrogens is 178 g/mol. The molecule has 4 N–H and O–H groups in total. The Balaban J connectivity index is 2.52. The van der Waals surface area contributed by atoms with Crippen molar-refractivity contribution in [1.82, 2.24) is 10.6 Å². The number of piperidine rings is 1. The Labute approximate surface area is 85.6 Å². The fraction of sp³-hybridized carbons (Fsp3) is 0.900. The van der Waals surface area contributed by atoms with E-state index in [9.17, 15) is 4.79 Å². The molecule has 0 radical (unpaired) electrons. The van der Waals surface area contributed by atoms with Crippen molar-refractivity contribution in [1.29, 1.82) is 0 Å². The second-order valence-electron chi connectivity index (χ2n) is 4.33. The van der Waals surface area contributed by atoms with Gasteiger partial charge in [-0.1, -0.05) is 6.92 Å². The van der Waals surface area contributed by atoms with Crippen LogP contribution in [0.2, 0.25) is 0 Å². The number of nitrogens with two attached hydrogens (primary N) is 1. The first-order chi connectivity index (χ1) is 6.52. The van der Waals surface area contributed by atoms with Crippen molar-refractivity contribution in [2.45, 2.75) is 45.3 Å². The molecule has 0 aromatic heterocycles. The first-order valence-electron chi connectivity index (χ1n) is 5.31. The maximum atomic E-state index is 11.4. The van der Waals surface area contributed by atoms with Crippen LogP contribution in [0.5, 0.6) is 0 Å². The number of nitrogens with one attached hydrogen (secondary N) is 2. The Bertz CT molecular complexity index is 196. The van der Waals surface area contributed by atoms with E-state index in [-0.39, 0.29) is 11.9 Å². The van der Waals surface area contributed by atoms with Crippen molar-refractivity contribution in [3.8, 4) is 0 Å². The van der Waals surface area contributed by atoms with Gasteiger partial charge in [0.2, 0.25) is 5.91 Å². The molecule has 4 heteroatoms. The quantitative estimate of drug-likeness (QED) is 0.579. The lowest BCUT2D eigenvalue weighted by Gasteiger charge is -2.36. The van der Waals surface area contributed by atoms with Gasteiger partial charge in [-0.2, -0.15) is 0 Å². The van der Waals surface area contributed by atoms with Crippen molar-refractivity contribution >= 4 is 5.91 Å². The lowest BCUT2D eigenvalue weighted by Crippen LogP contribution is -2.58. The smallest absolute Gasteiger partial charge is 0.236 e. The molecule has 0 bridgehead atoms. The summed E-state index contributed by atoms with van der Waals surface area (Å²) >= 11 is 0. The van der Waals surface area contributed by atoms with Crippen LogP contribution >= 0.6 is 0 Å². The molecular formula is C10H21N3O. The standard InChI is InChI=1S/C10H21N3O/c1-6-4-5-12-8(3)9(6)13-10(14)7(2)11/h6-9,12H,4-5,11H2,1-3H3,(H,13,14)/t6?,7-,8?,9?/m0/s1. The highest BCUT2D eigenvalue weighted by Crippen LogP contribution is 2.15. The zero-order valence-corrected chi connectivity index (χ0v) is 9.21. The third-order valence-electron chi connectivity index (χ3n) is 2.94. The molecule has 1 rings (SSSR count). The maximum Gasteiger partial charge on any atom is 0.236 e. The molecule has 0 aromatic rings. The van der Waals surface area contributed by atoms with E-state index in [1.165, 1.54) is 0 Å². The minimum Gasteiger partial charge on any atom is -0.350 e. The minimum absolute atomic E-state index is 0.0580. The Kier molecular flexibility index (Phi) is 3.89. The Hall–Kier alpha value is -0.610. The molecule has 1 heterocycles. The van der Waals surface area contributed by atoms with Gasteiger partial charge >= 0.3 is 0 Å². The fourth-order valence-electron chi connectivity index (χ4n) is 1.90. The van der Waals surface area contributed by atoms with Crippen molar-refractivity contribution in [3.05, 3.63) is 0 Å². The number of hydrogen-bond acceptors (Lipinski definition) is 3. The van der Waals surface area contributed by atoms with Crippen molar-refractivity contribution in [2.24, 2.45) is 11.7 Å². The Morgan fingerprint density at radius 2 is 2.21 bits per heavy atom. The molecule has 1 aliphatic heterocycles. The van der Waals surface area contributed by atoms with Gasteiger partial charge in [-0.05, 0) is 32.7 Å². The summed E-state index contributed by atoms with van der Waals surface area (Å²) in [5, 5.41) is 6.34. The van der Waals surface area contributed by atoms with Crippen LogP contribution in [0.15, 0.2) is 0 Å². The second kappa shape index (κ2) is 4.75. The number of carbonyl (C=O) groups is 1.